The summed E-state index contributed by atoms with van der Waals surface area (Å²) in [6, 6.07) is 11.5. The van der Waals surface area contributed by atoms with E-state index in [0.29, 0.717) is 22.2 Å². The number of Topliss-reactive ketones (excluding diaryl/α,β-unsaturated/α-hetero) is 1. The average Bonchev–Trinajstić information content (AvgIpc) is 3.31. The molecule has 1 aliphatic rings. The van der Waals surface area contributed by atoms with Crippen molar-refractivity contribution in [1.29, 1.82) is 0 Å². The van der Waals surface area contributed by atoms with Gasteiger partial charge >= 0.3 is 0 Å². The molecule has 0 bridgehead atoms. The Morgan fingerprint density at radius 1 is 1.06 bits per heavy atom. The Bertz CT molecular complexity index is 1130. The van der Waals surface area contributed by atoms with Crippen LogP contribution < -0.4 is 9.47 Å². The fraction of sp³-hybridized carbons (Fsp3) is 0.400. The highest BCUT2D eigenvalue weighted by atomic mass is 32.2. The molecule has 4 rings (SSSR count). The van der Waals surface area contributed by atoms with Crippen molar-refractivity contribution in [2.24, 2.45) is 0 Å². The van der Waals surface area contributed by atoms with Gasteiger partial charge in [0.15, 0.2) is 16.8 Å². The second kappa shape index (κ2) is 11.0. The Morgan fingerprint density at radius 3 is 2.47 bits per heavy atom. The molecule has 1 atom stereocenters. The van der Waals surface area contributed by atoms with Crippen molar-refractivity contribution in [3.8, 4) is 17.2 Å². The maximum atomic E-state index is 13.6. The van der Waals surface area contributed by atoms with E-state index >= 15 is 0 Å². The summed E-state index contributed by atoms with van der Waals surface area (Å²) >= 11 is 1.30. The first kappa shape index (κ1) is 24.2. The number of likely N-dealkylation sites (tertiary alicyclic amines) is 1. The number of hydrogen-bond donors (Lipinski definition) is 0. The predicted octanol–water partition coefficient (Wildman–Crippen LogP) is 4.95. The van der Waals surface area contributed by atoms with Crippen molar-refractivity contribution in [3.05, 3.63) is 59.7 Å². The highest BCUT2D eigenvalue weighted by molar-refractivity contribution is 7.99. The van der Waals surface area contributed by atoms with Crippen LogP contribution in [0.25, 0.3) is 5.69 Å². The molecule has 1 aromatic heterocycles. The number of halogens is 1. The molecule has 2 heterocycles. The van der Waals surface area contributed by atoms with E-state index in [1.807, 2.05) is 4.57 Å². The van der Waals surface area contributed by atoms with Crippen molar-refractivity contribution < 1.29 is 18.7 Å². The summed E-state index contributed by atoms with van der Waals surface area (Å²) < 4.78 is 26.2. The Hall–Kier alpha value is -2.91. The number of nitrogens with zero attached hydrogens (tertiary/aromatic N) is 4. The zero-order chi connectivity index (χ0) is 24.1. The monoisotopic (exact) mass is 484 g/mol. The van der Waals surface area contributed by atoms with Crippen LogP contribution in [0.1, 0.15) is 48.4 Å². The van der Waals surface area contributed by atoms with Gasteiger partial charge in [-0.15, -0.1) is 10.2 Å². The highest BCUT2D eigenvalue weighted by Crippen LogP contribution is 2.31. The van der Waals surface area contributed by atoms with Gasteiger partial charge in [0.05, 0.1) is 31.6 Å². The molecule has 180 valence electrons. The zero-order valence-corrected chi connectivity index (χ0v) is 20.5. The van der Waals surface area contributed by atoms with Crippen LogP contribution in [0.5, 0.6) is 11.5 Å². The summed E-state index contributed by atoms with van der Waals surface area (Å²) in [6.45, 7) is 4.14. The van der Waals surface area contributed by atoms with Crippen LogP contribution in [0.3, 0.4) is 0 Å². The standard InChI is InChI=1S/C25H29FN4O3S/c1-17(29-13-5-4-6-14-29)24-27-28-25(30(24)19-9-7-18(26)8-10-19)34-16-22(31)21-15-20(32-2)11-12-23(21)33-3/h7-12,15,17H,4-6,13-14,16H2,1-3H3/t17-/m0/s1. The minimum absolute atomic E-state index is 0.0429. The number of ether oxygens (including phenoxy) is 2. The Morgan fingerprint density at radius 2 is 1.79 bits per heavy atom. The topological polar surface area (TPSA) is 69.5 Å². The third-order valence-corrected chi connectivity index (χ3v) is 7.02. The summed E-state index contributed by atoms with van der Waals surface area (Å²) in [7, 11) is 3.09. The van der Waals surface area contributed by atoms with E-state index in [2.05, 4.69) is 22.0 Å². The Labute approximate surface area is 203 Å². The maximum Gasteiger partial charge on any atom is 0.196 e. The van der Waals surface area contributed by atoms with Gasteiger partial charge in [0.1, 0.15) is 17.3 Å². The SMILES string of the molecule is COc1ccc(OC)c(C(=O)CSc2nnc([C@H](C)N3CCCCC3)n2-c2ccc(F)cc2)c1. The molecule has 7 nitrogen and oxygen atoms in total. The number of hydrogen-bond acceptors (Lipinski definition) is 7. The van der Waals surface area contributed by atoms with Gasteiger partial charge in [0, 0.05) is 5.69 Å². The van der Waals surface area contributed by atoms with Gasteiger partial charge in [-0.1, -0.05) is 18.2 Å². The van der Waals surface area contributed by atoms with E-state index in [4.69, 9.17) is 9.47 Å². The number of methoxy groups -OCH3 is 2. The number of carbonyl (C=O) groups is 1. The predicted molar refractivity (Wildman–Crippen MR) is 130 cm³/mol. The molecule has 9 heteroatoms. The van der Waals surface area contributed by atoms with Gasteiger partial charge < -0.3 is 9.47 Å². The summed E-state index contributed by atoms with van der Waals surface area (Å²) in [6.07, 6.45) is 3.56. The van der Waals surface area contributed by atoms with Crippen molar-refractivity contribution in [2.45, 2.75) is 37.4 Å². The zero-order valence-electron chi connectivity index (χ0n) is 19.7. The van der Waals surface area contributed by atoms with Crippen LogP contribution in [0, 0.1) is 5.82 Å². The molecule has 0 N–H and O–H groups in total. The molecular formula is C25H29FN4O3S. The van der Waals surface area contributed by atoms with Crippen LogP contribution in [-0.4, -0.2) is 58.5 Å². The van der Waals surface area contributed by atoms with E-state index in [-0.39, 0.29) is 23.4 Å². The molecule has 1 aliphatic heterocycles. The molecular weight excluding hydrogens is 455 g/mol. The smallest absolute Gasteiger partial charge is 0.196 e. The van der Waals surface area contributed by atoms with Crippen LogP contribution in [-0.2, 0) is 0 Å². The Kier molecular flexibility index (Phi) is 7.84. The largest absolute Gasteiger partial charge is 0.497 e. The molecule has 1 saturated heterocycles. The molecule has 0 amide bonds. The Balaban J connectivity index is 1.62. The number of thioether (sulfide) groups is 1. The second-order valence-electron chi connectivity index (χ2n) is 8.20. The second-order valence-corrected chi connectivity index (χ2v) is 9.15. The van der Waals surface area contributed by atoms with Crippen LogP contribution >= 0.6 is 11.8 Å². The van der Waals surface area contributed by atoms with E-state index < -0.39 is 0 Å². The van der Waals surface area contributed by atoms with Gasteiger partial charge in [-0.2, -0.15) is 0 Å². The maximum absolute atomic E-state index is 13.6. The molecule has 0 unspecified atom stereocenters. The van der Waals surface area contributed by atoms with Crippen LogP contribution in [0.2, 0.25) is 0 Å². The number of ketones is 1. The first-order chi connectivity index (χ1) is 16.5. The quantitative estimate of drug-likeness (QED) is 0.315. The first-order valence-electron chi connectivity index (χ1n) is 11.3. The minimum atomic E-state index is -0.308. The van der Waals surface area contributed by atoms with E-state index in [1.165, 1.54) is 37.4 Å². The number of benzene rings is 2. The summed E-state index contributed by atoms with van der Waals surface area (Å²) in [4.78, 5) is 15.5. The number of carbonyl (C=O) groups excluding carboxylic acids is 1. The molecule has 0 spiro atoms. The fourth-order valence-corrected chi connectivity index (χ4v) is 5.03. The fourth-order valence-electron chi connectivity index (χ4n) is 4.19. The van der Waals surface area contributed by atoms with E-state index in [1.54, 1.807) is 37.4 Å². The normalized spacial score (nSPS) is 15.2. The van der Waals surface area contributed by atoms with Gasteiger partial charge in [-0.05, 0) is 75.3 Å². The van der Waals surface area contributed by atoms with Crippen molar-refractivity contribution in [3.63, 3.8) is 0 Å². The molecule has 0 saturated carbocycles. The van der Waals surface area contributed by atoms with Crippen molar-refractivity contribution in [1.82, 2.24) is 19.7 Å². The number of aromatic nitrogens is 3. The lowest BCUT2D eigenvalue weighted by molar-refractivity contribution is 0.101. The average molecular weight is 485 g/mol. The summed E-state index contributed by atoms with van der Waals surface area (Å²) in [5, 5.41) is 9.51. The lowest BCUT2D eigenvalue weighted by Gasteiger charge is -2.31. The van der Waals surface area contributed by atoms with Gasteiger partial charge in [-0.25, -0.2) is 4.39 Å². The van der Waals surface area contributed by atoms with Crippen LogP contribution in [0.4, 0.5) is 4.39 Å². The van der Waals surface area contributed by atoms with Gasteiger partial charge in [0.25, 0.3) is 0 Å². The lowest BCUT2D eigenvalue weighted by atomic mass is 10.1. The third kappa shape index (κ3) is 5.26. The molecule has 0 aliphatic carbocycles. The van der Waals surface area contributed by atoms with Gasteiger partial charge in [0.2, 0.25) is 0 Å². The highest BCUT2D eigenvalue weighted by Gasteiger charge is 2.26. The number of piperidine rings is 1. The van der Waals surface area contributed by atoms with E-state index in [9.17, 15) is 9.18 Å². The van der Waals surface area contributed by atoms with E-state index in [0.717, 1.165) is 37.4 Å². The van der Waals surface area contributed by atoms with Gasteiger partial charge in [-0.3, -0.25) is 14.3 Å². The van der Waals surface area contributed by atoms with Crippen LogP contribution in [0.15, 0.2) is 47.6 Å². The lowest BCUT2D eigenvalue weighted by Crippen LogP contribution is -2.33. The van der Waals surface area contributed by atoms with Crippen molar-refractivity contribution >= 4 is 17.5 Å². The summed E-state index contributed by atoms with van der Waals surface area (Å²) in [5.74, 6) is 1.58. The molecule has 1 fully saturated rings. The third-order valence-electron chi connectivity index (χ3n) is 6.09. The molecule has 2 aromatic carbocycles. The summed E-state index contributed by atoms with van der Waals surface area (Å²) in [5.41, 5.74) is 1.21. The van der Waals surface area contributed by atoms with Crippen molar-refractivity contribution in [2.75, 3.05) is 33.1 Å². The molecule has 0 radical (unpaired) electrons. The molecule has 3 aromatic rings. The minimum Gasteiger partial charge on any atom is -0.497 e. The first-order valence-corrected chi connectivity index (χ1v) is 12.3. The molecule has 34 heavy (non-hydrogen) atoms. The number of rotatable bonds is 9.